The number of rotatable bonds is 2. The maximum atomic E-state index is 10.1. The van der Waals surface area contributed by atoms with Crippen molar-refractivity contribution >= 4 is 15.9 Å². The molecule has 1 heterocycles. The van der Waals surface area contributed by atoms with Gasteiger partial charge in [0.15, 0.2) is 0 Å². The summed E-state index contributed by atoms with van der Waals surface area (Å²) < 4.78 is 7.17. The van der Waals surface area contributed by atoms with Gasteiger partial charge in [0.1, 0.15) is 18.1 Å². The molecule has 0 saturated carbocycles. The number of phenols is 1. The fraction of sp³-hybridized carbons (Fsp3) is 0.294. The van der Waals surface area contributed by atoms with Crippen LogP contribution in [0.2, 0.25) is 0 Å². The molecule has 3 nitrogen and oxygen atoms in total. The van der Waals surface area contributed by atoms with E-state index in [-0.39, 0.29) is 24.1 Å². The van der Waals surface area contributed by atoms with E-state index in [0.29, 0.717) is 0 Å². The number of hydrogen-bond acceptors (Lipinski definition) is 3. The molecule has 110 valence electrons. The molecule has 1 aliphatic heterocycles. The first-order valence-electron chi connectivity index (χ1n) is 6.98. The molecule has 1 unspecified atom stereocenters. The van der Waals surface area contributed by atoms with Gasteiger partial charge in [-0.05, 0) is 37.7 Å². The first-order valence-corrected chi connectivity index (χ1v) is 7.78. The highest BCUT2D eigenvalue weighted by Crippen LogP contribution is 2.43. The normalized spacial score (nSPS) is 26.1. The Bertz CT molecular complexity index is 632. The number of hydrogen-bond donors (Lipinski definition) is 1. The molecule has 0 radical (unpaired) electrons. The van der Waals surface area contributed by atoms with Crippen LogP contribution in [0.1, 0.15) is 30.4 Å². The largest absolute Gasteiger partial charge is 0.508 e. The molecule has 0 amide bonds. The molecule has 1 saturated heterocycles. The van der Waals surface area contributed by atoms with Gasteiger partial charge in [0, 0.05) is 16.1 Å². The third kappa shape index (κ3) is 2.71. The van der Waals surface area contributed by atoms with Crippen molar-refractivity contribution in [1.29, 1.82) is 0 Å². The molecular weight excluding hydrogens is 330 g/mol. The summed E-state index contributed by atoms with van der Waals surface area (Å²) in [5.74, 6) is 0.260. The van der Waals surface area contributed by atoms with Crippen LogP contribution in [0.25, 0.3) is 0 Å². The van der Waals surface area contributed by atoms with Crippen LogP contribution in [-0.4, -0.2) is 23.1 Å². The lowest BCUT2D eigenvalue weighted by molar-refractivity contribution is 0.00414. The molecule has 21 heavy (non-hydrogen) atoms. The molecule has 4 heteroatoms. The van der Waals surface area contributed by atoms with Crippen molar-refractivity contribution in [2.45, 2.75) is 25.3 Å². The second-order valence-electron chi connectivity index (χ2n) is 5.43. The predicted molar refractivity (Wildman–Crippen MR) is 86.0 cm³/mol. The van der Waals surface area contributed by atoms with Crippen molar-refractivity contribution < 1.29 is 9.84 Å². The predicted octanol–water partition coefficient (Wildman–Crippen LogP) is 4.25. The summed E-state index contributed by atoms with van der Waals surface area (Å²) in [6.07, 6.45) is -0.248. The fourth-order valence-corrected chi connectivity index (χ4v) is 3.17. The summed E-state index contributed by atoms with van der Waals surface area (Å²) in [7, 11) is 2.03. The highest BCUT2D eigenvalue weighted by Gasteiger charge is 2.39. The first-order chi connectivity index (χ1) is 10.1. The highest BCUT2D eigenvalue weighted by atomic mass is 79.9. The van der Waals surface area contributed by atoms with Crippen LogP contribution in [0.4, 0.5) is 0 Å². The van der Waals surface area contributed by atoms with Crippen molar-refractivity contribution in [3.8, 4) is 5.75 Å². The molecule has 1 N–H and O–H groups in total. The van der Waals surface area contributed by atoms with Gasteiger partial charge in [-0.1, -0.05) is 46.3 Å². The molecule has 2 aromatic rings. The molecule has 1 fully saturated rings. The first kappa shape index (κ1) is 14.6. The van der Waals surface area contributed by atoms with Crippen LogP contribution in [0.5, 0.6) is 5.75 Å². The Morgan fingerprint density at radius 2 is 1.86 bits per heavy atom. The van der Waals surface area contributed by atoms with E-state index in [4.69, 9.17) is 4.74 Å². The monoisotopic (exact) mass is 347 g/mol. The molecule has 0 aliphatic carbocycles. The Morgan fingerprint density at radius 3 is 2.57 bits per heavy atom. The van der Waals surface area contributed by atoms with Crippen molar-refractivity contribution in [2.75, 3.05) is 7.05 Å². The van der Waals surface area contributed by atoms with Crippen molar-refractivity contribution in [3.63, 3.8) is 0 Å². The van der Waals surface area contributed by atoms with E-state index in [1.54, 1.807) is 6.07 Å². The lowest BCUT2D eigenvalue weighted by Gasteiger charge is -2.22. The second kappa shape index (κ2) is 5.79. The SMILES string of the molecule is C[C@H]1[C@@H](c2ccccc2)OC(c2cc(Br)ccc2O)N1C. The molecule has 0 bridgehead atoms. The van der Waals surface area contributed by atoms with E-state index in [1.807, 2.05) is 37.4 Å². The van der Waals surface area contributed by atoms with Crippen molar-refractivity contribution in [3.05, 3.63) is 64.1 Å². The van der Waals surface area contributed by atoms with E-state index in [2.05, 4.69) is 39.9 Å². The lowest BCUT2D eigenvalue weighted by Crippen LogP contribution is -2.27. The number of halogens is 1. The maximum Gasteiger partial charge on any atom is 0.141 e. The highest BCUT2D eigenvalue weighted by molar-refractivity contribution is 9.10. The van der Waals surface area contributed by atoms with Gasteiger partial charge in [-0.25, -0.2) is 0 Å². The Kier molecular flexibility index (Phi) is 4.02. The minimum absolute atomic E-state index is 0.000387. The zero-order valence-corrected chi connectivity index (χ0v) is 13.6. The zero-order valence-electron chi connectivity index (χ0n) is 12.0. The number of likely N-dealkylation sites (N-methyl/N-ethyl adjacent to an activating group) is 1. The quantitative estimate of drug-likeness (QED) is 0.881. The van der Waals surface area contributed by atoms with E-state index in [9.17, 15) is 5.11 Å². The van der Waals surface area contributed by atoms with Gasteiger partial charge in [-0.15, -0.1) is 0 Å². The summed E-state index contributed by atoms with van der Waals surface area (Å²) in [5.41, 5.74) is 1.95. The van der Waals surface area contributed by atoms with Gasteiger partial charge >= 0.3 is 0 Å². The number of ether oxygens (including phenoxy) is 1. The smallest absolute Gasteiger partial charge is 0.141 e. The Hall–Kier alpha value is -1.36. The van der Waals surface area contributed by atoms with E-state index in [1.165, 1.54) is 0 Å². The summed E-state index contributed by atoms with van der Waals surface area (Å²) in [4.78, 5) is 2.15. The van der Waals surface area contributed by atoms with Crippen LogP contribution >= 0.6 is 15.9 Å². The average molecular weight is 348 g/mol. The molecule has 1 aliphatic rings. The minimum Gasteiger partial charge on any atom is -0.508 e. The third-order valence-electron chi connectivity index (χ3n) is 4.11. The number of aromatic hydroxyl groups is 1. The number of benzene rings is 2. The van der Waals surface area contributed by atoms with Gasteiger partial charge in [0.25, 0.3) is 0 Å². The molecule has 3 rings (SSSR count). The van der Waals surface area contributed by atoms with Crippen LogP contribution < -0.4 is 0 Å². The summed E-state index contributed by atoms with van der Waals surface area (Å²) >= 11 is 3.45. The molecule has 0 aromatic heterocycles. The van der Waals surface area contributed by atoms with Gasteiger partial charge in [-0.3, -0.25) is 4.90 Å². The Balaban J connectivity index is 1.94. The average Bonchev–Trinajstić information content (AvgIpc) is 2.79. The van der Waals surface area contributed by atoms with Crippen LogP contribution in [0, 0.1) is 0 Å². The molecule has 2 aromatic carbocycles. The zero-order chi connectivity index (χ0) is 15.0. The minimum atomic E-state index is -0.247. The summed E-state index contributed by atoms with van der Waals surface area (Å²) in [6, 6.07) is 15.9. The van der Waals surface area contributed by atoms with Crippen LogP contribution in [-0.2, 0) is 4.74 Å². The number of nitrogens with zero attached hydrogens (tertiary/aromatic N) is 1. The van der Waals surface area contributed by atoms with Gasteiger partial charge < -0.3 is 9.84 Å². The van der Waals surface area contributed by atoms with E-state index >= 15 is 0 Å². The Labute approximate surface area is 133 Å². The van der Waals surface area contributed by atoms with Gasteiger partial charge in [0.05, 0.1) is 0 Å². The molecular formula is C17H18BrNO2. The number of phenolic OH excluding ortho intramolecular Hbond substituents is 1. The molecule has 3 atom stereocenters. The van der Waals surface area contributed by atoms with Crippen molar-refractivity contribution in [2.24, 2.45) is 0 Å². The summed E-state index contributed by atoms with van der Waals surface area (Å²) in [6.45, 7) is 2.15. The summed E-state index contributed by atoms with van der Waals surface area (Å²) in [5, 5.41) is 10.1. The second-order valence-corrected chi connectivity index (χ2v) is 6.34. The van der Waals surface area contributed by atoms with Crippen LogP contribution in [0.15, 0.2) is 53.0 Å². The standard InChI is InChI=1S/C17H18BrNO2/c1-11-16(12-6-4-3-5-7-12)21-17(19(11)2)14-10-13(18)8-9-15(14)20/h3-11,16-17,20H,1-2H3/t11-,16-,17?/m0/s1. The van der Waals surface area contributed by atoms with Crippen LogP contribution in [0.3, 0.4) is 0 Å². The maximum absolute atomic E-state index is 10.1. The molecule has 0 spiro atoms. The fourth-order valence-electron chi connectivity index (χ4n) is 2.79. The Morgan fingerprint density at radius 1 is 1.14 bits per heavy atom. The van der Waals surface area contributed by atoms with E-state index < -0.39 is 0 Å². The van der Waals surface area contributed by atoms with E-state index in [0.717, 1.165) is 15.6 Å². The third-order valence-corrected chi connectivity index (χ3v) is 4.60. The van der Waals surface area contributed by atoms with Gasteiger partial charge in [-0.2, -0.15) is 0 Å². The topological polar surface area (TPSA) is 32.7 Å². The lowest BCUT2D eigenvalue weighted by atomic mass is 10.0. The van der Waals surface area contributed by atoms with Crippen molar-refractivity contribution in [1.82, 2.24) is 4.90 Å². The van der Waals surface area contributed by atoms with Gasteiger partial charge in [0.2, 0.25) is 0 Å².